The summed E-state index contributed by atoms with van der Waals surface area (Å²) < 4.78 is 10.8. The van der Waals surface area contributed by atoms with Crippen LogP contribution < -0.4 is 10.1 Å². The topological polar surface area (TPSA) is 30.5 Å². The van der Waals surface area contributed by atoms with Gasteiger partial charge in [0.05, 0.1) is 13.7 Å². The Balaban J connectivity index is 2.38. The summed E-state index contributed by atoms with van der Waals surface area (Å²) in [6.45, 7) is 6.71. The number of para-hydroxylation sites is 1. The lowest BCUT2D eigenvalue weighted by Gasteiger charge is -2.17. The minimum Gasteiger partial charge on any atom is -0.496 e. The third-order valence-electron chi connectivity index (χ3n) is 2.65. The van der Waals surface area contributed by atoms with Gasteiger partial charge in [0.2, 0.25) is 0 Å². The molecule has 0 saturated heterocycles. The van der Waals surface area contributed by atoms with Crippen LogP contribution in [0.25, 0.3) is 0 Å². The summed E-state index contributed by atoms with van der Waals surface area (Å²) in [6, 6.07) is 8.37. The van der Waals surface area contributed by atoms with Gasteiger partial charge < -0.3 is 14.8 Å². The molecule has 3 nitrogen and oxygen atoms in total. The van der Waals surface area contributed by atoms with Crippen LogP contribution in [-0.4, -0.2) is 26.9 Å². The van der Waals surface area contributed by atoms with Crippen molar-refractivity contribution in [3.63, 3.8) is 0 Å². The third-order valence-corrected chi connectivity index (χ3v) is 2.65. The number of hydrogen-bond donors (Lipinski definition) is 1. The van der Waals surface area contributed by atoms with E-state index in [0.29, 0.717) is 0 Å². The van der Waals surface area contributed by atoms with Crippen molar-refractivity contribution in [2.45, 2.75) is 26.3 Å². The molecule has 1 aromatic carbocycles. The van der Waals surface area contributed by atoms with E-state index in [-0.39, 0.29) is 6.04 Å². The van der Waals surface area contributed by atoms with E-state index in [1.165, 1.54) is 5.56 Å². The van der Waals surface area contributed by atoms with Crippen LogP contribution in [0.15, 0.2) is 24.3 Å². The van der Waals surface area contributed by atoms with Gasteiger partial charge in [0.15, 0.2) is 0 Å². The number of benzene rings is 1. The molecule has 0 bridgehead atoms. The molecule has 1 aromatic rings. The first kappa shape index (κ1) is 14.0. The lowest BCUT2D eigenvalue weighted by atomic mass is 10.1. The van der Waals surface area contributed by atoms with Crippen molar-refractivity contribution in [1.29, 1.82) is 0 Å². The average molecular weight is 237 g/mol. The second kappa shape index (κ2) is 8.09. The molecule has 1 N–H and O–H groups in total. The van der Waals surface area contributed by atoms with E-state index >= 15 is 0 Å². The summed E-state index contributed by atoms with van der Waals surface area (Å²) >= 11 is 0. The molecule has 0 saturated carbocycles. The van der Waals surface area contributed by atoms with Crippen LogP contribution in [0.3, 0.4) is 0 Å². The predicted octanol–water partition coefficient (Wildman–Crippen LogP) is 2.77. The van der Waals surface area contributed by atoms with Gasteiger partial charge in [-0.25, -0.2) is 0 Å². The Labute approximate surface area is 104 Å². The molecular weight excluding hydrogens is 214 g/mol. The van der Waals surface area contributed by atoms with Crippen molar-refractivity contribution < 1.29 is 9.47 Å². The predicted molar refractivity (Wildman–Crippen MR) is 70.5 cm³/mol. The monoisotopic (exact) mass is 237 g/mol. The molecule has 0 aliphatic carbocycles. The van der Waals surface area contributed by atoms with Crippen LogP contribution in [0, 0.1) is 0 Å². The summed E-state index contributed by atoms with van der Waals surface area (Å²) in [6.07, 6.45) is 1.07. The minimum absolute atomic E-state index is 0.274. The number of nitrogens with one attached hydrogen (secondary N) is 1. The fourth-order valence-corrected chi connectivity index (χ4v) is 1.73. The highest BCUT2D eigenvalue weighted by Gasteiger charge is 2.09. The van der Waals surface area contributed by atoms with Crippen molar-refractivity contribution in [2.75, 3.05) is 26.9 Å². The molecule has 0 unspecified atom stereocenters. The summed E-state index contributed by atoms with van der Waals surface area (Å²) in [4.78, 5) is 0. The quantitative estimate of drug-likeness (QED) is 0.705. The smallest absolute Gasteiger partial charge is 0.123 e. The van der Waals surface area contributed by atoms with Gasteiger partial charge in [0, 0.05) is 24.8 Å². The number of hydrogen-bond acceptors (Lipinski definition) is 3. The highest BCUT2D eigenvalue weighted by Crippen LogP contribution is 2.23. The molecule has 0 amide bonds. The maximum absolute atomic E-state index is 5.43. The van der Waals surface area contributed by atoms with E-state index in [4.69, 9.17) is 9.47 Å². The highest BCUT2D eigenvalue weighted by molar-refractivity contribution is 5.35. The molecule has 96 valence electrons. The fourth-order valence-electron chi connectivity index (χ4n) is 1.73. The van der Waals surface area contributed by atoms with Gasteiger partial charge in [-0.1, -0.05) is 25.1 Å². The zero-order chi connectivity index (χ0) is 12.5. The Morgan fingerprint density at radius 3 is 2.71 bits per heavy atom. The van der Waals surface area contributed by atoms with Gasteiger partial charge in [-0.05, 0) is 19.4 Å². The standard InChI is InChI=1S/C14H23NO2/c1-4-10-17-11-9-15-12(2)13-7-5-6-8-14(13)16-3/h5-8,12,15H,4,9-11H2,1-3H3/t12-/m0/s1. The molecule has 0 aliphatic rings. The second-order valence-corrected chi connectivity index (χ2v) is 4.03. The van der Waals surface area contributed by atoms with Crippen LogP contribution in [0.2, 0.25) is 0 Å². The van der Waals surface area contributed by atoms with E-state index in [1.54, 1.807) is 7.11 Å². The van der Waals surface area contributed by atoms with Gasteiger partial charge in [-0.15, -0.1) is 0 Å². The SMILES string of the molecule is CCCOCCN[C@@H](C)c1ccccc1OC. The van der Waals surface area contributed by atoms with Gasteiger partial charge in [-0.3, -0.25) is 0 Å². The summed E-state index contributed by atoms with van der Waals surface area (Å²) in [7, 11) is 1.70. The Kier molecular flexibility index (Phi) is 6.67. The van der Waals surface area contributed by atoms with Crippen LogP contribution >= 0.6 is 0 Å². The van der Waals surface area contributed by atoms with Crippen molar-refractivity contribution in [3.05, 3.63) is 29.8 Å². The number of rotatable bonds is 8. The molecule has 0 aromatic heterocycles. The molecule has 0 heterocycles. The van der Waals surface area contributed by atoms with Crippen LogP contribution in [0.1, 0.15) is 31.9 Å². The van der Waals surface area contributed by atoms with Gasteiger partial charge >= 0.3 is 0 Å². The Morgan fingerprint density at radius 2 is 2.00 bits per heavy atom. The third kappa shape index (κ3) is 4.75. The van der Waals surface area contributed by atoms with E-state index in [1.807, 2.05) is 18.2 Å². The summed E-state index contributed by atoms with van der Waals surface area (Å²) in [5.74, 6) is 0.932. The normalized spacial score (nSPS) is 12.4. The zero-order valence-electron chi connectivity index (χ0n) is 11.0. The molecule has 3 heteroatoms. The Bertz CT molecular complexity index is 315. The first-order valence-electron chi connectivity index (χ1n) is 6.23. The van der Waals surface area contributed by atoms with Gasteiger partial charge in [0.1, 0.15) is 5.75 Å². The van der Waals surface area contributed by atoms with Crippen LogP contribution in [0.5, 0.6) is 5.75 Å². The molecule has 0 radical (unpaired) electrons. The first-order valence-corrected chi connectivity index (χ1v) is 6.23. The van der Waals surface area contributed by atoms with E-state index in [2.05, 4.69) is 25.2 Å². The largest absolute Gasteiger partial charge is 0.496 e. The Morgan fingerprint density at radius 1 is 1.24 bits per heavy atom. The van der Waals surface area contributed by atoms with Crippen molar-refractivity contribution in [1.82, 2.24) is 5.32 Å². The molecule has 17 heavy (non-hydrogen) atoms. The summed E-state index contributed by atoms with van der Waals surface area (Å²) in [5.41, 5.74) is 1.19. The maximum Gasteiger partial charge on any atom is 0.123 e. The molecule has 1 atom stereocenters. The first-order chi connectivity index (χ1) is 8.29. The molecule has 0 fully saturated rings. The van der Waals surface area contributed by atoms with E-state index < -0.39 is 0 Å². The van der Waals surface area contributed by atoms with Crippen molar-refractivity contribution >= 4 is 0 Å². The van der Waals surface area contributed by atoms with Crippen molar-refractivity contribution in [2.24, 2.45) is 0 Å². The molecule has 0 spiro atoms. The zero-order valence-corrected chi connectivity index (χ0v) is 11.0. The average Bonchev–Trinajstić information content (AvgIpc) is 2.38. The molecular formula is C14H23NO2. The van der Waals surface area contributed by atoms with Crippen molar-refractivity contribution in [3.8, 4) is 5.75 Å². The number of methoxy groups -OCH3 is 1. The van der Waals surface area contributed by atoms with Crippen LogP contribution in [-0.2, 0) is 4.74 Å². The Hall–Kier alpha value is -1.06. The number of ether oxygens (including phenoxy) is 2. The van der Waals surface area contributed by atoms with Gasteiger partial charge in [0.25, 0.3) is 0 Å². The molecule has 1 rings (SSSR count). The highest BCUT2D eigenvalue weighted by atomic mass is 16.5. The summed E-state index contributed by atoms with van der Waals surface area (Å²) in [5, 5.41) is 3.43. The van der Waals surface area contributed by atoms with E-state index in [9.17, 15) is 0 Å². The van der Waals surface area contributed by atoms with Gasteiger partial charge in [-0.2, -0.15) is 0 Å². The molecule has 0 aliphatic heterocycles. The lowest BCUT2D eigenvalue weighted by Crippen LogP contribution is -2.23. The second-order valence-electron chi connectivity index (χ2n) is 4.03. The van der Waals surface area contributed by atoms with E-state index in [0.717, 1.165) is 31.9 Å². The fraction of sp³-hybridized carbons (Fsp3) is 0.571. The lowest BCUT2D eigenvalue weighted by molar-refractivity contribution is 0.134. The minimum atomic E-state index is 0.274. The van der Waals surface area contributed by atoms with Crippen LogP contribution in [0.4, 0.5) is 0 Å². The maximum atomic E-state index is 5.43.